The second-order valence-electron chi connectivity index (χ2n) is 7.13. The van der Waals surface area contributed by atoms with Crippen molar-refractivity contribution in [3.05, 3.63) is 102 Å². The first-order valence-electron chi connectivity index (χ1n) is 9.69. The van der Waals surface area contributed by atoms with Gasteiger partial charge in [0.15, 0.2) is 0 Å². The molecule has 0 aliphatic carbocycles. The lowest BCUT2D eigenvalue weighted by molar-refractivity contribution is -0.274. The van der Waals surface area contributed by atoms with E-state index in [1.165, 1.54) is 18.2 Å². The number of imidazole rings is 1. The van der Waals surface area contributed by atoms with E-state index in [2.05, 4.69) is 20.8 Å². The average Bonchev–Trinajstić information content (AvgIpc) is 3.20. The molecule has 5 nitrogen and oxygen atoms in total. The Kier molecular flexibility index (Phi) is 7.36. The highest BCUT2D eigenvalue weighted by Crippen LogP contribution is 2.27. The second kappa shape index (κ2) is 10.2. The van der Waals surface area contributed by atoms with Gasteiger partial charge in [0.25, 0.3) is 0 Å². The fourth-order valence-corrected chi connectivity index (χ4v) is 3.28. The molecule has 4 aromatic rings. The summed E-state index contributed by atoms with van der Waals surface area (Å²) in [4.78, 5) is 8.64. The van der Waals surface area contributed by atoms with Crippen LogP contribution in [-0.2, 0) is 13.0 Å². The number of aromatic nitrogens is 3. The van der Waals surface area contributed by atoms with Crippen LogP contribution in [0.25, 0.3) is 11.3 Å². The standard InChI is InChI=1S/C24H17F3N4O.ClH/c25-24(26,27)32-22-3-1-2-20(11-22)23-9-8-19(13-30-23)15-31-16-29-14-21(31)10-17-4-6-18(12-28)7-5-17;/h1-9,11,13-14,16H,10,15H2;1H. The molecule has 33 heavy (non-hydrogen) atoms. The molecule has 2 heterocycles. The van der Waals surface area contributed by atoms with Gasteiger partial charge in [-0.3, -0.25) is 4.98 Å². The Morgan fingerprint density at radius 2 is 1.73 bits per heavy atom. The molecule has 0 aliphatic heterocycles. The van der Waals surface area contributed by atoms with Crippen molar-refractivity contribution in [1.29, 1.82) is 5.26 Å². The van der Waals surface area contributed by atoms with Crippen molar-refractivity contribution in [3.8, 4) is 23.1 Å². The van der Waals surface area contributed by atoms with E-state index < -0.39 is 6.36 Å². The number of hydrogen-bond acceptors (Lipinski definition) is 4. The first-order chi connectivity index (χ1) is 15.4. The van der Waals surface area contributed by atoms with Gasteiger partial charge in [0, 0.05) is 30.1 Å². The Labute approximate surface area is 194 Å². The molecule has 9 heteroatoms. The minimum atomic E-state index is -4.74. The minimum Gasteiger partial charge on any atom is -0.406 e. The van der Waals surface area contributed by atoms with E-state index in [0.29, 0.717) is 29.8 Å². The molecule has 168 valence electrons. The molecule has 4 rings (SSSR count). The van der Waals surface area contributed by atoms with Crippen molar-refractivity contribution in [2.24, 2.45) is 0 Å². The summed E-state index contributed by atoms with van der Waals surface area (Å²) in [6.45, 7) is 0.552. The van der Waals surface area contributed by atoms with Crippen LogP contribution < -0.4 is 4.74 Å². The van der Waals surface area contributed by atoms with Crippen LogP contribution in [0.2, 0.25) is 0 Å². The van der Waals surface area contributed by atoms with Crippen LogP contribution in [0.1, 0.15) is 22.4 Å². The number of halogens is 4. The minimum absolute atomic E-state index is 0. The summed E-state index contributed by atoms with van der Waals surface area (Å²) in [7, 11) is 0. The largest absolute Gasteiger partial charge is 0.573 e. The maximum absolute atomic E-state index is 12.5. The molecule has 2 aromatic heterocycles. The number of nitriles is 1. The third kappa shape index (κ3) is 6.34. The number of pyridine rings is 1. The molecule has 0 radical (unpaired) electrons. The zero-order chi connectivity index (χ0) is 22.6. The second-order valence-corrected chi connectivity index (χ2v) is 7.13. The highest BCUT2D eigenvalue weighted by Gasteiger charge is 2.31. The molecule has 0 spiro atoms. The Hall–Kier alpha value is -3.83. The van der Waals surface area contributed by atoms with Crippen molar-refractivity contribution in [1.82, 2.24) is 14.5 Å². The summed E-state index contributed by atoms with van der Waals surface area (Å²) in [5.41, 5.74) is 4.70. The Bertz CT molecular complexity index is 1250. The molecule has 0 fully saturated rings. The van der Waals surface area contributed by atoms with E-state index in [4.69, 9.17) is 5.26 Å². The van der Waals surface area contributed by atoms with Gasteiger partial charge in [-0.2, -0.15) is 5.26 Å². The van der Waals surface area contributed by atoms with Gasteiger partial charge in [-0.05, 0) is 41.5 Å². The quantitative estimate of drug-likeness (QED) is 0.358. The van der Waals surface area contributed by atoms with Gasteiger partial charge in [-0.1, -0.05) is 30.3 Å². The number of rotatable bonds is 6. The van der Waals surface area contributed by atoms with Crippen LogP contribution in [0.15, 0.2) is 79.4 Å². The summed E-state index contributed by atoms with van der Waals surface area (Å²) >= 11 is 0. The number of ether oxygens (including phenoxy) is 1. The normalized spacial score (nSPS) is 10.8. The van der Waals surface area contributed by atoms with Crippen LogP contribution in [-0.4, -0.2) is 20.9 Å². The van der Waals surface area contributed by atoms with Gasteiger partial charge in [-0.25, -0.2) is 4.98 Å². The fourth-order valence-electron chi connectivity index (χ4n) is 3.28. The predicted octanol–water partition coefficient (Wildman–Crippen LogP) is 5.78. The zero-order valence-corrected chi connectivity index (χ0v) is 18.0. The monoisotopic (exact) mass is 470 g/mol. The number of benzene rings is 2. The van der Waals surface area contributed by atoms with Crippen LogP contribution in [0.5, 0.6) is 5.75 Å². The van der Waals surface area contributed by atoms with E-state index in [0.717, 1.165) is 16.8 Å². The molecule has 0 saturated carbocycles. The lowest BCUT2D eigenvalue weighted by atomic mass is 10.1. The molecule has 0 amide bonds. The van der Waals surface area contributed by atoms with Gasteiger partial charge < -0.3 is 9.30 Å². The average molecular weight is 471 g/mol. The van der Waals surface area contributed by atoms with Crippen molar-refractivity contribution in [2.75, 3.05) is 0 Å². The highest BCUT2D eigenvalue weighted by molar-refractivity contribution is 5.85. The topological polar surface area (TPSA) is 63.7 Å². The van der Waals surface area contributed by atoms with Gasteiger partial charge in [0.2, 0.25) is 0 Å². The molecule has 0 N–H and O–H groups in total. The van der Waals surface area contributed by atoms with E-state index in [1.54, 1.807) is 43.0 Å². The summed E-state index contributed by atoms with van der Waals surface area (Å²) in [6, 6.07) is 18.9. The molecule has 0 atom stereocenters. The first kappa shape index (κ1) is 23.8. The number of hydrogen-bond donors (Lipinski definition) is 0. The Morgan fingerprint density at radius 1 is 0.970 bits per heavy atom. The van der Waals surface area contributed by atoms with Crippen molar-refractivity contribution >= 4 is 12.4 Å². The van der Waals surface area contributed by atoms with Crippen LogP contribution >= 0.6 is 12.4 Å². The van der Waals surface area contributed by atoms with Crippen molar-refractivity contribution in [3.63, 3.8) is 0 Å². The van der Waals surface area contributed by atoms with Gasteiger partial charge >= 0.3 is 6.36 Å². The smallest absolute Gasteiger partial charge is 0.406 e. The summed E-state index contributed by atoms with van der Waals surface area (Å²) < 4.78 is 43.4. The van der Waals surface area contributed by atoms with E-state index in [-0.39, 0.29) is 18.2 Å². The van der Waals surface area contributed by atoms with Gasteiger partial charge in [0.1, 0.15) is 5.75 Å². The lowest BCUT2D eigenvalue weighted by Gasteiger charge is -2.11. The molecule has 2 aromatic carbocycles. The lowest BCUT2D eigenvalue weighted by Crippen LogP contribution is -2.17. The summed E-state index contributed by atoms with van der Waals surface area (Å²) in [5, 5.41) is 8.92. The molecule has 0 bridgehead atoms. The number of nitrogens with zero attached hydrogens (tertiary/aromatic N) is 4. The SMILES string of the molecule is Cl.N#Cc1ccc(Cc2cncn2Cc2ccc(-c3cccc(OC(F)(F)F)c3)nc2)cc1. The Balaban J connectivity index is 0.00000306. The predicted molar refractivity (Wildman–Crippen MR) is 119 cm³/mol. The first-order valence-corrected chi connectivity index (χ1v) is 9.69. The fraction of sp³-hybridized carbons (Fsp3) is 0.125. The van der Waals surface area contributed by atoms with Crippen molar-refractivity contribution in [2.45, 2.75) is 19.3 Å². The number of alkyl halides is 3. The molecular formula is C24H18ClF3N4O. The molecule has 0 aliphatic rings. The summed E-state index contributed by atoms with van der Waals surface area (Å²) in [6.07, 6.45) is 1.16. The third-order valence-corrected chi connectivity index (χ3v) is 4.81. The van der Waals surface area contributed by atoms with E-state index in [1.807, 2.05) is 22.8 Å². The maximum atomic E-state index is 12.5. The zero-order valence-electron chi connectivity index (χ0n) is 17.2. The van der Waals surface area contributed by atoms with Crippen molar-refractivity contribution < 1.29 is 17.9 Å². The summed E-state index contributed by atoms with van der Waals surface area (Å²) in [5.74, 6) is -0.285. The third-order valence-electron chi connectivity index (χ3n) is 4.81. The maximum Gasteiger partial charge on any atom is 0.573 e. The van der Waals surface area contributed by atoms with E-state index >= 15 is 0 Å². The molecule has 0 unspecified atom stereocenters. The highest BCUT2D eigenvalue weighted by atomic mass is 35.5. The molecular weight excluding hydrogens is 453 g/mol. The van der Waals surface area contributed by atoms with E-state index in [9.17, 15) is 13.2 Å². The Morgan fingerprint density at radius 3 is 2.39 bits per heavy atom. The van der Waals surface area contributed by atoms with Crippen LogP contribution in [0.3, 0.4) is 0 Å². The van der Waals surface area contributed by atoms with Gasteiger partial charge in [0.05, 0.1) is 30.2 Å². The van der Waals surface area contributed by atoms with Crippen LogP contribution in [0, 0.1) is 11.3 Å². The van der Waals surface area contributed by atoms with Crippen LogP contribution in [0.4, 0.5) is 13.2 Å². The van der Waals surface area contributed by atoms with Gasteiger partial charge in [-0.15, -0.1) is 25.6 Å². The molecule has 0 saturated heterocycles.